The molecule has 174 valence electrons. The third kappa shape index (κ3) is 4.29. The van der Waals surface area contributed by atoms with E-state index in [0.29, 0.717) is 17.6 Å². The van der Waals surface area contributed by atoms with Crippen LogP contribution in [0.25, 0.3) is 22.2 Å². The van der Waals surface area contributed by atoms with Crippen molar-refractivity contribution >= 4 is 22.7 Å². The topological polar surface area (TPSA) is 110 Å². The molecule has 4 rings (SSSR count). The molecule has 11 heteroatoms. The highest BCUT2D eigenvalue weighted by Crippen LogP contribution is 2.39. The van der Waals surface area contributed by atoms with Crippen molar-refractivity contribution in [3.8, 4) is 17.2 Å². The predicted molar refractivity (Wildman–Crippen MR) is 113 cm³/mol. The van der Waals surface area contributed by atoms with Gasteiger partial charge in [0, 0.05) is 16.7 Å². The minimum atomic E-state index is -4.95. The van der Waals surface area contributed by atoms with Crippen molar-refractivity contribution in [2.45, 2.75) is 6.18 Å². The van der Waals surface area contributed by atoms with Gasteiger partial charge in [0.25, 0.3) is 0 Å². The monoisotopic (exact) mass is 482 g/mol. The van der Waals surface area contributed by atoms with E-state index in [1.54, 1.807) is 6.07 Å². The van der Waals surface area contributed by atoms with Crippen molar-refractivity contribution in [3.05, 3.63) is 94.3 Å². The summed E-state index contributed by atoms with van der Waals surface area (Å²) in [5, 5.41) is 8.97. The Morgan fingerprint density at radius 3 is 2.29 bits per heavy atom. The molecule has 0 fully saturated rings. The van der Waals surface area contributed by atoms with Gasteiger partial charge in [-0.05, 0) is 54.1 Å². The molecular weight excluding hydrogens is 471 g/mol. The Labute approximate surface area is 193 Å². The van der Waals surface area contributed by atoms with E-state index in [-0.39, 0.29) is 22.3 Å². The zero-order valence-electron chi connectivity index (χ0n) is 17.3. The molecule has 0 aliphatic heterocycles. The number of nitriles is 1. The summed E-state index contributed by atoms with van der Waals surface area (Å²) < 4.78 is 70.9. The lowest BCUT2D eigenvalue weighted by Crippen LogP contribution is -2.14. The lowest BCUT2D eigenvalue weighted by molar-refractivity contribution is -0.137. The van der Waals surface area contributed by atoms with Gasteiger partial charge in [-0.1, -0.05) is 0 Å². The molecule has 0 aliphatic carbocycles. The Bertz CT molecular complexity index is 1580. The van der Waals surface area contributed by atoms with Crippen molar-refractivity contribution < 1.29 is 31.5 Å². The minimum absolute atomic E-state index is 0.0597. The van der Waals surface area contributed by atoms with Gasteiger partial charge in [0.05, 0.1) is 28.4 Å². The average Bonchev–Trinajstić information content (AvgIpc) is 2.82. The van der Waals surface area contributed by atoms with Gasteiger partial charge in [0.2, 0.25) is 5.91 Å². The first-order chi connectivity index (χ1) is 16.5. The number of primary amides is 1. The third-order valence-electron chi connectivity index (χ3n) is 5.14. The van der Waals surface area contributed by atoms with Gasteiger partial charge in [-0.25, -0.2) is 13.8 Å². The van der Waals surface area contributed by atoms with Crippen LogP contribution in [0.3, 0.4) is 0 Å². The van der Waals surface area contributed by atoms with Crippen molar-refractivity contribution in [2.75, 3.05) is 0 Å². The maximum Gasteiger partial charge on any atom is 0.417 e. The van der Waals surface area contributed by atoms with E-state index in [2.05, 4.69) is 9.97 Å². The maximum absolute atomic E-state index is 15.5. The number of benzene rings is 3. The molecule has 0 bridgehead atoms. The first-order valence-electron chi connectivity index (χ1n) is 9.72. The van der Waals surface area contributed by atoms with E-state index < -0.39 is 51.8 Å². The number of halogens is 5. The fraction of sp³-hybridized carbons (Fsp3) is 0.0417. The lowest BCUT2D eigenvalue weighted by atomic mass is 9.92. The van der Waals surface area contributed by atoms with E-state index in [1.165, 1.54) is 18.3 Å². The quantitative estimate of drug-likeness (QED) is 0.332. The number of hydrogen-bond donors (Lipinski definition) is 1. The van der Waals surface area contributed by atoms with Crippen LogP contribution in [0.15, 0.2) is 54.7 Å². The second-order valence-electron chi connectivity index (χ2n) is 7.31. The summed E-state index contributed by atoms with van der Waals surface area (Å²) in [6.45, 7) is 0. The van der Waals surface area contributed by atoms with Crippen LogP contribution in [0.1, 0.15) is 37.5 Å². The number of ketones is 1. The summed E-state index contributed by atoms with van der Waals surface area (Å²) >= 11 is 0. The van der Waals surface area contributed by atoms with Crippen LogP contribution < -0.4 is 5.73 Å². The smallest absolute Gasteiger partial charge is 0.366 e. The number of carbonyl (C=O) groups excluding carboxylic acids is 2. The standard InChI is InChI=1S/C24H11F5N4O2/c25-17-5-3-14(15-7-12(23(31)35)1-4-16(15)24(27,28)29)21(26)20(17)22(34)11-2-6-18-19(8-11)33-13(9-30)10-32-18/h1-8,10H,(H2,31,35). The van der Waals surface area contributed by atoms with Gasteiger partial charge in [0.15, 0.2) is 11.5 Å². The van der Waals surface area contributed by atoms with Gasteiger partial charge < -0.3 is 5.73 Å². The number of nitrogens with zero attached hydrogens (tertiary/aromatic N) is 3. The highest BCUT2D eigenvalue weighted by molar-refractivity contribution is 6.11. The number of rotatable bonds is 4. The van der Waals surface area contributed by atoms with Crippen molar-refractivity contribution in [1.29, 1.82) is 5.26 Å². The fourth-order valence-corrected chi connectivity index (χ4v) is 3.49. The van der Waals surface area contributed by atoms with Crippen LogP contribution in [0.2, 0.25) is 0 Å². The zero-order valence-corrected chi connectivity index (χ0v) is 17.3. The number of nitrogens with two attached hydrogens (primary N) is 1. The molecule has 3 aromatic carbocycles. The van der Waals surface area contributed by atoms with Crippen LogP contribution in [0, 0.1) is 23.0 Å². The molecule has 0 saturated heterocycles. The van der Waals surface area contributed by atoms with E-state index in [4.69, 9.17) is 11.0 Å². The molecule has 0 radical (unpaired) electrons. The summed E-state index contributed by atoms with van der Waals surface area (Å²) in [5.74, 6) is -5.10. The normalized spacial score (nSPS) is 11.3. The molecular formula is C24H11F5N4O2. The number of alkyl halides is 3. The van der Waals surface area contributed by atoms with E-state index in [0.717, 1.165) is 24.3 Å². The molecule has 1 aromatic heterocycles. The molecule has 35 heavy (non-hydrogen) atoms. The fourth-order valence-electron chi connectivity index (χ4n) is 3.49. The second-order valence-corrected chi connectivity index (χ2v) is 7.31. The van der Waals surface area contributed by atoms with E-state index >= 15 is 4.39 Å². The van der Waals surface area contributed by atoms with Gasteiger partial charge in [-0.3, -0.25) is 14.6 Å². The third-order valence-corrected chi connectivity index (χ3v) is 5.14. The van der Waals surface area contributed by atoms with Crippen molar-refractivity contribution in [1.82, 2.24) is 9.97 Å². The van der Waals surface area contributed by atoms with Crippen molar-refractivity contribution in [3.63, 3.8) is 0 Å². The molecule has 0 saturated carbocycles. The highest BCUT2D eigenvalue weighted by Gasteiger charge is 2.35. The highest BCUT2D eigenvalue weighted by atomic mass is 19.4. The molecule has 1 heterocycles. The van der Waals surface area contributed by atoms with Crippen LogP contribution in [-0.2, 0) is 6.18 Å². The SMILES string of the molecule is N#Cc1cnc2ccc(C(=O)c3c(F)ccc(-c4cc(C(N)=O)ccc4C(F)(F)F)c3F)cc2n1. The predicted octanol–water partition coefficient (Wildman–Crippen LogP) is 4.80. The number of aromatic nitrogens is 2. The number of amides is 1. The molecule has 0 spiro atoms. The van der Waals surface area contributed by atoms with Crippen LogP contribution >= 0.6 is 0 Å². The second kappa shape index (κ2) is 8.57. The largest absolute Gasteiger partial charge is 0.417 e. The molecule has 6 nitrogen and oxygen atoms in total. The Kier molecular flexibility index (Phi) is 5.74. The van der Waals surface area contributed by atoms with Crippen LogP contribution in [0.4, 0.5) is 22.0 Å². The zero-order chi connectivity index (χ0) is 25.5. The van der Waals surface area contributed by atoms with Gasteiger partial charge in [0.1, 0.15) is 17.7 Å². The number of hydrogen-bond acceptors (Lipinski definition) is 5. The number of carbonyl (C=O) groups is 2. The first kappa shape index (κ1) is 23.4. The summed E-state index contributed by atoms with van der Waals surface area (Å²) in [7, 11) is 0. The molecule has 4 aromatic rings. The van der Waals surface area contributed by atoms with E-state index in [1.807, 2.05) is 0 Å². The van der Waals surface area contributed by atoms with Crippen LogP contribution in [0.5, 0.6) is 0 Å². The average molecular weight is 482 g/mol. The summed E-state index contributed by atoms with van der Waals surface area (Å²) in [6, 6.07) is 8.98. The Morgan fingerprint density at radius 1 is 0.914 bits per heavy atom. The Hall–Kier alpha value is -4.72. The van der Waals surface area contributed by atoms with Gasteiger partial charge in [-0.15, -0.1) is 0 Å². The lowest BCUT2D eigenvalue weighted by Gasteiger charge is -2.16. The molecule has 1 amide bonds. The van der Waals surface area contributed by atoms with Crippen LogP contribution in [-0.4, -0.2) is 21.7 Å². The van der Waals surface area contributed by atoms with Gasteiger partial charge >= 0.3 is 6.18 Å². The molecule has 0 aliphatic rings. The van der Waals surface area contributed by atoms with Crippen molar-refractivity contribution in [2.24, 2.45) is 5.73 Å². The van der Waals surface area contributed by atoms with Gasteiger partial charge in [-0.2, -0.15) is 18.4 Å². The first-order valence-corrected chi connectivity index (χ1v) is 9.72. The summed E-state index contributed by atoms with van der Waals surface area (Å²) in [4.78, 5) is 32.5. The molecule has 2 N–H and O–H groups in total. The Balaban J connectivity index is 1.91. The molecule has 0 atom stereocenters. The Morgan fingerprint density at radius 2 is 1.63 bits per heavy atom. The van der Waals surface area contributed by atoms with E-state index in [9.17, 15) is 27.2 Å². The maximum atomic E-state index is 15.5. The summed E-state index contributed by atoms with van der Waals surface area (Å²) in [5.41, 5.74) is 0.944. The minimum Gasteiger partial charge on any atom is -0.366 e. The summed E-state index contributed by atoms with van der Waals surface area (Å²) in [6.07, 6.45) is -3.75. The number of fused-ring (bicyclic) bond motifs is 1. The molecule has 0 unspecified atom stereocenters.